The van der Waals surface area contributed by atoms with E-state index in [4.69, 9.17) is 9.84 Å². The maximum absolute atomic E-state index is 11.3. The fraction of sp³-hybridized carbons (Fsp3) is 0.250. The number of nitrogens with one attached hydrogen (secondary N) is 1. The monoisotopic (exact) mass is 250 g/mol. The number of hydrogen-bond acceptors (Lipinski definition) is 4. The van der Waals surface area contributed by atoms with Crippen LogP contribution in [0.2, 0.25) is 0 Å². The molecule has 0 bridgehead atoms. The van der Waals surface area contributed by atoms with Crippen LogP contribution in [0.1, 0.15) is 12.5 Å². The Balaban J connectivity index is 2.40. The average Bonchev–Trinajstić information content (AvgIpc) is 2.35. The second-order valence-electron chi connectivity index (χ2n) is 3.64. The van der Waals surface area contributed by atoms with Gasteiger partial charge in [0.1, 0.15) is 11.5 Å². The van der Waals surface area contributed by atoms with Crippen molar-refractivity contribution in [2.75, 3.05) is 6.61 Å². The summed E-state index contributed by atoms with van der Waals surface area (Å²) in [5, 5.41) is 11.9. The third kappa shape index (κ3) is 4.65. The molecule has 18 heavy (non-hydrogen) atoms. The number of carbonyl (C=O) groups excluding carboxylic acids is 1. The molecule has 0 spiro atoms. The fourth-order valence-corrected chi connectivity index (χ4v) is 1.01. The molecule has 1 amide bonds. The van der Waals surface area contributed by atoms with Gasteiger partial charge < -0.3 is 9.84 Å². The minimum absolute atomic E-state index is 0.196. The molecule has 0 unspecified atom stereocenters. The van der Waals surface area contributed by atoms with Crippen LogP contribution in [0.15, 0.2) is 29.4 Å². The van der Waals surface area contributed by atoms with Gasteiger partial charge in [0.25, 0.3) is 5.91 Å². The van der Waals surface area contributed by atoms with Crippen LogP contribution < -0.4 is 10.2 Å². The van der Waals surface area contributed by atoms with E-state index in [0.717, 1.165) is 5.56 Å². The topological polar surface area (TPSA) is 88.0 Å². The van der Waals surface area contributed by atoms with Crippen molar-refractivity contribution in [3.8, 4) is 5.75 Å². The number of aliphatic carboxylic acids is 1. The van der Waals surface area contributed by atoms with Gasteiger partial charge in [0.05, 0.1) is 0 Å². The van der Waals surface area contributed by atoms with Crippen molar-refractivity contribution in [2.24, 2.45) is 5.10 Å². The van der Waals surface area contributed by atoms with Crippen LogP contribution in [0.4, 0.5) is 0 Å². The number of rotatable bonds is 5. The van der Waals surface area contributed by atoms with Crippen LogP contribution in [0.5, 0.6) is 5.75 Å². The SMILES string of the molecule is C/C(=N/NC(=O)COc1ccc(C)cc1)C(=O)O. The molecule has 1 aromatic carbocycles. The van der Waals surface area contributed by atoms with Crippen molar-refractivity contribution in [1.82, 2.24) is 5.43 Å². The number of carboxylic acids is 1. The molecule has 0 atom stereocenters. The third-order valence-electron chi connectivity index (χ3n) is 2.05. The zero-order valence-corrected chi connectivity index (χ0v) is 10.1. The first kappa shape index (κ1) is 13.7. The van der Waals surface area contributed by atoms with Gasteiger partial charge in [-0.2, -0.15) is 5.10 Å². The number of benzene rings is 1. The molecule has 6 nitrogen and oxygen atoms in total. The smallest absolute Gasteiger partial charge is 0.351 e. The van der Waals surface area contributed by atoms with Gasteiger partial charge >= 0.3 is 5.97 Å². The standard InChI is InChI=1S/C12H14N2O4/c1-8-3-5-10(6-4-8)18-7-11(15)14-13-9(2)12(16)17/h3-6H,7H2,1-2H3,(H,14,15)(H,16,17)/b13-9-. The third-order valence-corrected chi connectivity index (χ3v) is 2.05. The summed E-state index contributed by atoms with van der Waals surface area (Å²) in [6.45, 7) is 3.00. The van der Waals surface area contributed by atoms with E-state index in [1.165, 1.54) is 6.92 Å². The van der Waals surface area contributed by atoms with Crippen LogP contribution in [0, 0.1) is 6.92 Å². The maximum atomic E-state index is 11.3. The molecule has 0 aromatic heterocycles. The molecule has 0 aliphatic carbocycles. The van der Waals surface area contributed by atoms with Gasteiger partial charge in [0, 0.05) is 0 Å². The number of hydrogen-bond donors (Lipinski definition) is 2. The average molecular weight is 250 g/mol. The summed E-state index contributed by atoms with van der Waals surface area (Å²) in [5.41, 5.74) is 2.98. The molecule has 1 rings (SSSR count). The Morgan fingerprint density at radius 1 is 1.33 bits per heavy atom. The molecule has 96 valence electrons. The lowest BCUT2D eigenvalue weighted by Gasteiger charge is -2.05. The van der Waals surface area contributed by atoms with Gasteiger partial charge in [-0.1, -0.05) is 17.7 Å². The minimum Gasteiger partial charge on any atom is -0.484 e. The second-order valence-corrected chi connectivity index (χ2v) is 3.64. The predicted octanol–water partition coefficient (Wildman–Crippen LogP) is 0.951. The van der Waals surface area contributed by atoms with Crippen LogP contribution in [0.3, 0.4) is 0 Å². The molecule has 0 aliphatic rings. The molecule has 0 saturated heterocycles. The van der Waals surface area contributed by atoms with Crippen molar-refractivity contribution in [3.63, 3.8) is 0 Å². The highest BCUT2D eigenvalue weighted by Gasteiger charge is 2.04. The van der Waals surface area contributed by atoms with Gasteiger partial charge in [-0.05, 0) is 26.0 Å². The number of hydrazone groups is 1. The van der Waals surface area contributed by atoms with E-state index < -0.39 is 11.9 Å². The summed E-state index contributed by atoms with van der Waals surface area (Å²) in [4.78, 5) is 21.7. The molecule has 0 heterocycles. The summed E-state index contributed by atoms with van der Waals surface area (Å²) in [6.07, 6.45) is 0. The zero-order valence-electron chi connectivity index (χ0n) is 10.1. The quantitative estimate of drug-likeness (QED) is 0.601. The summed E-state index contributed by atoms with van der Waals surface area (Å²) >= 11 is 0. The van der Waals surface area contributed by atoms with Crippen molar-refractivity contribution < 1.29 is 19.4 Å². The Labute approximate surface area is 104 Å². The number of aryl methyl sites for hydroxylation is 1. The van der Waals surface area contributed by atoms with E-state index in [1.807, 2.05) is 19.1 Å². The number of nitrogens with zero attached hydrogens (tertiary/aromatic N) is 1. The molecule has 0 saturated carbocycles. The molecule has 0 aliphatic heterocycles. The molecular formula is C12H14N2O4. The molecule has 2 N–H and O–H groups in total. The van der Waals surface area contributed by atoms with Crippen LogP contribution in [0.25, 0.3) is 0 Å². The fourth-order valence-electron chi connectivity index (χ4n) is 1.01. The normalized spacial score (nSPS) is 10.9. The first-order valence-electron chi connectivity index (χ1n) is 5.25. The predicted molar refractivity (Wildman–Crippen MR) is 65.6 cm³/mol. The number of ether oxygens (including phenoxy) is 1. The molecule has 0 fully saturated rings. The van der Waals surface area contributed by atoms with E-state index >= 15 is 0 Å². The first-order chi connectivity index (χ1) is 8.49. The van der Waals surface area contributed by atoms with E-state index in [2.05, 4.69) is 10.5 Å². The van der Waals surface area contributed by atoms with Gasteiger partial charge in [0.2, 0.25) is 0 Å². The second kappa shape index (κ2) is 6.39. The van der Waals surface area contributed by atoms with E-state index in [9.17, 15) is 9.59 Å². The molecule has 6 heteroatoms. The Morgan fingerprint density at radius 3 is 2.50 bits per heavy atom. The van der Waals surface area contributed by atoms with Crippen molar-refractivity contribution in [3.05, 3.63) is 29.8 Å². The van der Waals surface area contributed by atoms with Crippen LogP contribution >= 0.6 is 0 Å². The highest BCUT2D eigenvalue weighted by molar-refractivity contribution is 6.34. The summed E-state index contributed by atoms with van der Waals surface area (Å²) in [7, 11) is 0. The van der Waals surface area contributed by atoms with Crippen molar-refractivity contribution in [1.29, 1.82) is 0 Å². The molecular weight excluding hydrogens is 236 g/mol. The van der Waals surface area contributed by atoms with Crippen LogP contribution in [-0.2, 0) is 9.59 Å². The molecule has 0 radical (unpaired) electrons. The van der Waals surface area contributed by atoms with Gasteiger partial charge in [-0.15, -0.1) is 0 Å². The van der Waals surface area contributed by atoms with Crippen molar-refractivity contribution >= 4 is 17.6 Å². The lowest BCUT2D eigenvalue weighted by Crippen LogP contribution is -2.26. The number of amides is 1. The molecule has 1 aromatic rings. The highest BCUT2D eigenvalue weighted by Crippen LogP contribution is 2.10. The number of carbonyl (C=O) groups is 2. The van der Waals surface area contributed by atoms with Gasteiger partial charge in [-0.3, -0.25) is 4.79 Å². The van der Waals surface area contributed by atoms with E-state index in [1.54, 1.807) is 12.1 Å². The Hall–Kier alpha value is -2.37. The first-order valence-corrected chi connectivity index (χ1v) is 5.25. The van der Waals surface area contributed by atoms with E-state index in [0.29, 0.717) is 5.75 Å². The summed E-state index contributed by atoms with van der Waals surface area (Å²) in [5.74, 6) is -1.14. The van der Waals surface area contributed by atoms with Crippen LogP contribution in [-0.4, -0.2) is 29.3 Å². The lowest BCUT2D eigenvalue weighted by molar-refractivity contribution is -0.129. The Morgan fingerprint density at radius 2 is 1.94 bits per heavy atom. The largest absolute Gasteiger partial charge is 0.484 e. The summed E-state index contributed by atoms with van der Waals surface area (Å²) < 4.78 is 5.19. The number of carboxylic acid groups (broad SMARTS) is 1. The van der Waals surface area contributed by atoms with Gasteiger partial charge in [-0.25, -0.2) is 10.2 Å². The van der Waals surface area contributed by atoms with Gasteiger partial charge in [0.15, 0.2) is 6.61 Å². The Kier molecular flexibility index (Phi) is 4.86. The van der Waals surface area contributed by atoms with E-state index in [-0.39, 0.29) is 12.3 Å². The zero-order chi connectivity index (χ0) is 13.5. The summed E-state index contributed by atoms with van der Waals surface area (Å²) in [6, 6.07) is 7.21. The lowest BCUT2D eigenvalue weighted by atomic mass is 10.2. The maximum Gasteiger partial charge on any atom is 0.351 e. The minimum atomic E-state index is -1.19. The van der Waals surface area contributed by atoms with Crippen molar-refractivity contribution in [2.45, 2.75) is 13.8 Å². The Bertz CT molecular complexity index is 465. The highest BCUT2D eigenvalue weighted by atomic mass is 16.5.